The first-order valence-electron chi connectivity index (χ1n) is 4.33. The van der Waals surface area contributed by atoms with E-state index in [0.717, 1.165) is 11.3 Å². The average Bonchev–Trinajstić information content (AvgIpc) is 2.59. The van der Waals surface area contributed by atoms with Crippen molar-refractivity contribution in [2.24, 2.45) is 5.73 Å². The molecule has 0 saturated carbocycles. The maximum Gasteiger partial charge on any atom is 0.337 e. The van der Waals surface area contributed by atoms with Crippen LogP contribution in [0.15, 0.2) is 18.2 Å². The van der Waals surface area contributed by atoms with Crippen LogP contribution >= 0.6 is 12.4 Å². The summed E-state index contributed by atoms with van der Waals surface area (Å²) in [6.07, 6.45) is 0. The van der Waals surface area contributed by atoms with Gasteiger partial charge in [-0.3, -0.25) is 0 Å². The Morgan fingerprint density at radius 2 is 2.33 bits per heavy atom. The van der Waals surface area contributed by atoms with E-state index in [0.29, 0.717) is 12.2 Å². The Hall–Kier alpha value is -1.26. The molecule has 0 spiro atoms. The molecule has 0 fully saturated rings. The summed E-state index contributed by atoms with van der Waals surface area (Å²) < 4.78 is 9.91. The highest BCUT2D eigenvalue weighted by Crippen LogP contribution is 2.31. The van der Waals surface area contributed by atoms with E-state index in [1.807, 2.05) is 0 Å². The first-order chi connectivity index (χ1) is 6.72. The molecule has 1 atom stereocenters. The normalized spacial score (nSPS) is 17.3. The molecule has 1 aromatic rings. The Bertz CT molecular complexity index is 381. The lowest BCUT2D eigenvalue weighted by molar-refractivity contribution is 0.0600. The fraction of sp³-hybridized carbons (Fsp3) is 0.300. The minimum Gasteiger partial charge on any atom is -0.491 e. The maximum absolute atomic E-state index is 11.2. The Morgan fingerprint density at radius 1 is 1.60 bits per heavy atom. The fourth-order valence-corrected chi connectivity index (χ4v) is 1.48. The van der Waals surface area contributed by atoms with Crippen molar-refractivity contribution < 1.29 is 14.3 Å². The van der Waals surface area contributed by atoms with Gasteiger partial charge in [-0.15, -0.1) is 12.4 Å². The highest BCUT2D eigenvalue weighted by molar-refractivity contribution is 5.89. The number of esters is 1. The summed E-state index contributed by atoms with van der Waals surface area (Å²) in [7, 11) is 1.35. The van der Waals surface area contributed by atoms with Crippen molar-refractivity contribution in [2.45, 2.75) is 6.04 Å². The molecule has 0 saturated heterocycles. The minimum atomic E-state index is -0.355. The molecule has 2 N–H and O–H groups in total. The van der Waals surface area contributed by atoms with Gasteiger partial charge in [0.25, 0.3) is 0 Å². The van der Waals surface area contributed by atoms with Crippen molar-refractivity contribution in [3.63, 3.8) is 0 Å². The number of halogens is 1. The quantitative estimate of drug-likeness (QED) is 0.737. The summed E-state index contributed by atoms with van der Waals surface area (Å²) in [4.78, 5) is 11.2. The van der Waals surface area contributed by atoms with Crippen LogP contribution < -0.4 is 10.5 Å². The minimum absolute atomic E-state index is 0. The van der Waals surface area contributed by atoms with Gasteiger partial charge in [0, 0.05) is 5.56 Å². The van der Waals surface area contributed by atoms with Crippen LogP contribution in [0.2, 0.25) is 0 Å². The number of benzene rings is 1. The summed E-state index contributed by atoms with van der Waals surface area (Å²) in [5.74, 6) is 0.400. The number of hydrogen-bond acceptors (Lipinski definition) is 4. The number of rotatable bonds is 1. The summed E-state index contributed by atoms with van der Waals surface area (Å²) >= 11 is 0. The molecule has 1 unspecified atom stereocenters. The second-order valence-electron chi connectivity index (χ2n) is 3.16. The lowest BCUT2D eigenvalue weighted by Gasteiger charge is -2.03. The molecule has 0 aliphatic carbocycles. The highest BCUT2D eigenvalue weighted by Gasteiger charge is 2.21. The van der Waals surface area contributed by atoms with Gasteiger partial charge in [0.05, 0.1) is 18.7 Å². The van der Waals surface area contributed by atoms with Gasteiger partial charge in [-0.25, -0.2) is 4.79 Å². The zero-order valence-corrected chi connectivity index (χ0v) is 9.04. The molecule has 1 heterocycles. The standard InChI is InChI=1S/C10H11NO3.ClH/c1-13-10(12)6-2-3-9-7(4-6)8(11)5-14-9;/h2-4,8H,5,11H2,1H3;1H. The van der Waals surface area contributed by atoms with Crippen LogP contribution in [0.4, 0.5) is 0 Å². The van der Waals surface area contributed by atoms with Gasteiger partial charge in [0.2, 0.25) is 0 Å². The average molecular weight is 230 g/mol. The number of carbonyl (C=O) groups is 1. The molecular formula is C10H12ClNO3. The third-order valence-corrected chi connectivity index (χ3v) is 2.25. The molecule has 1 aromatic carbocycles. The van der Waals surface area contributed by atoms with Crippen molar-refractivity contribution in [3.05, 3.63) is 29.3 Å². The number of hydrogen-bond donors (Lipinski definition) is 1. The number of methoxy groups -OCH3 is 1. The molecule has 15 heavy (non-hydrogen) atoms. The van der Waals surface area contributed by atoms with Gasteiger partial charge in [0.1, 0.15) is 12.4 Å². The molecule has 82 valence electrons. The van der Waals surface area contributed by atoms with E-state index >= 15 is 0 Å². The Balaban J connectivity index is 0.00000112. The van der Waals surface area contributed by atoms with Crippen LogP contribution in [0.5, 0.6) is 5.75 Å². The van der Waals surface area contributed by atoms with E-state index in [4.69, 9.17) is 10.5 Å². The zero-order valence-electron chi connectivity index (χ0n) is 8.23. The van der Waals surface area contributed by atoms with E-state index in [2.05, 4.69) is 4.74 Å². The first-order valence-corrected chi connectivity index (χ1v) is 4.33. The van der Waals surface area contributed by atoms with Crippen molar-refractivity contribution in [3.8, 4) is 5.75 Å². The van der Waals surface area contributed by atoms with Gasteiger partial charge in [-0.05, 0) is 18.2 Å². The fourth-order valence-electron chi connectivity index (χ4n) is 1.48. The second-order valence-corrected chi connectivity index (χ2v) is 3.16. The molecule has 0 aromatic heterocycles. The molecule has 2 rings (SSSR count). The third kappa shape index (κ3) is 2.06. The van der Waals surface area contributed by atoms with Gasteiger partial charge in [-0.1, -0.05) is 0 Å². The highest BCUT2D eigenvalue weighted by atomic mass is 35.5. The maximum atomic E-state index is 11.2. The summed E-state index contributed by atoms with van der Waals surface area (Å²) in [5, 5.41) is 0. The van der Waals surface area contributed by atoms with Crippen LogP contribution in [0.25, 0.3) is 0 Å². The Morgan fingerprint density at radius 3 is 3.00 bits per heavy atom. The van der Waals surface area contributed by atoms with Crippen molar-refractivity contribution in [1.82, 2.24) is 0 Å². The van der Waals surface area contributed by atoms with Crippen LogP contribution in [-0.4, -0.2) is 19.7 Å². The van der Waals surface area contributed by atoms with Crippen molar-refractivity contribution >= 4 is 18.4 Å². The van der Waals surface area contributed by atoms with E-state index < -0.39 is 0 Å². The van der Waals surface area contributed by atoms with Crippen LogP contribution in [0, 0.1) is 0 Å². The SMILES string of the molecule is COC(=O)c1ccc2c(c1)C(N)CO2.Cl. The smallest absolute Gasteiger partial charge is 0.337 e. The van der Waals surface area contributed by atoms with Crippen LogP contribution in [0.3, 0.4) is 0 Å². The molecule has 0 bridgehead atoms. The first kappa shape index (κ1) is 11.8. The molecule has 0 amide bonds. The summed E-state index contributed by atoms with van der Waals surface area (Å²) in [6.45, 7) is 0.472. The summed E-state index contributed by atoms with van der Waals surface area (Å²) in [5.41, 5.74) is 7.15. The van der Waals surface area contributed by atoms with Crippen molar-refractivity contribution in [2.75, 3.05) is 13.7 Å². The molecule has 5 heteroatoms. The molecule has 1 aliphatic heterocycles. The number of carbonyl (C=O) groups excluding carboxylic acids is 1. The molecule has 4 nitrogen and oxygen atoms in total. The lowest BCUT2D eigenvalue weighted by Crippen LogP contribution is -2.11. The number of fused-ring (bicyclic) bond motifs is 1. The zero-order chi connectivity index (χ0) is 10.1. The Labute approximate surface area is 93.8 Å². The molecule has 0 radical (unpaired) electrons. The van der Waals surface area contributed by atoms with E-state index in [1.165, 1.54) is 7.11 Å². The monoisotopic (exact) mass is 229 g/mol. The van der Waals surface area contributed by atoms with E-state index in [9.17, 15) is 4.79 Å². The predicted octanol–water partition coefficient (Wildman–Crippen LogP) is 1.29. The molecule has 1 aliphatic rings. The van der Waals surface area contributed by atoms with Gasteiger partial charge in [0.15, 0.2) is 0 Å². The number of nitrogens with two attached hydrogens (primary N) is 1. The van der Waals surface area contributed by atoms with Gasteiger partial charge < -0.3 is 15.2 Å². The topological polar surface area (TPSA) is 61.5 Å². The van der Waals surface area contributed by atoms with Gasteiger partial charge >= 0.3 is 5.97 Å². The van der Waals surface area contributed by atoms with E-state index in [1.54, 1.807) is 18.2 Å². The largest absolute Gasteiger partial charge is 0.491 e. The van der Waals surface area contributed by atoms with Crippen LogP contribution in [0.1, 0.15) is 22.0 Å². The second kappa shape index (κ2) is 4.51. The molecular weight excluding hydrogens is 218 g/mol. The summed E-state index contributed by atoms with van der Waals surface area (Å²) in [6, 6.07) is 4.99. The Kier molecular flexibility index (Phi) is 3.55. The van der Waals surface area contributed by atoms with Crippen molar-refractivity contribution in [1.29, 1.82) is 0 Å². The predicted molar refractivity (Wildman–Crippen MR) is 57.5 cm³/mol. The third-order valence-electron chi connectivity index (χ3n) is 2.25. The van der Waals surface area contributed by atoms with E-state index in [-0.39, 0.29) is 24.4 Å². The number of ether oxygens (including phenoxy) is 2. The van der Waals surface area contributed by atoms with Gasteiger partial charge in [-0.2, -0.15) is 0 Å². The lowest BCUT2D eigenvalue weighted by atomic mass is 10.1. The van der Waals surface area contributed by atoms with Crippen LogP contribution in [-0.2, 0) is 4.74 Å².